The van der Waals surface area contributed by atoms with Crippen LogP contribution < -0.4 is 10.6 Å². The third-order valence-corrected chi connectivity index (χ3v) is 4.86. The Kier molecular flexibility index (Phi) is 7.12. The first-order valence-corrected chi connectivity index (χ1v) is 9.36. The van der Waals surface area contributed by atoms with Crippen LogP contribution in [0.2, 0.25) is 0 Å². The molecule has 0 spiro atoms. The van der Waals surface area contributed by atoms with Gasteiger partial charge in [-0.15, -0.1) is 11.3 Å². The Balaban J connectivity index is 1.94. The summed E-state index contributed by atoms with van der Waals surface area (Å²) in [6.07, 6.45) is -0.0492. The highest BCUT2D eigenvalue weighted by atomic mass is 32.1. The molecule has 1 aromatic heterocycles. The third-order valence-electron chi connectivity index (χ3n) is 3.81. The van der Waals surface area contributed by atoms with E-state index in [0.29, 0.717) is 4.88 Å². The number of rotatable bonds is 8. The van der Waals surface area contributed by atoms with Crippen LogP contribution in [-0.2, 0) is 19.1 Å². The molecule has 1 aliphatic rings. The largest absolute Gasteiger partial charge is 0.463 e. The predicted octanol–water partition coefficient (Wildman–Crippen LogP) is 2.08. The minimum Gasteiger partial charge on any atom is -0.463 e. The van der Waals surface area contributed by atoms with Gasteiger partial charge in [0.25, 0.3) is 0 Å². The SMILES string of the molecule is CCOC(=O)C1=C(COC(=O)CCC(=O)c2ccc(C)s2)NC(=O)N[C@H]1C. The summed E-state index contributed by atoms with van der Waals surface area (Å²) in [6.45, 7) is 5.11. The fourth-order valence-corrected chi connectivity index (χ4v) is 3.38. The monoisotopic (exact) mass is 394 g/mol. The molecule has 146 valence electrons. The second-order valence-corrected chi connectivity index (χ2v) is 7.21. The van der Waals surface area contributed by atoms with Crippen molar-refractivity contribution in [3.05, 3.63) is 33.2 Å². The number of thiophene rings is 1. The zero-order valence-electron chi connectivity index (χ0n) is 15.4. The van der Waals surface area contributed by atoms with Crippen LogP contribution in [0.4, 0.5) is 4.79 Å². The van der Waals surface area contributed by atoms with Crippen LogP contribution in [0.5, 0.6) is 0 Å². The Morgan fingerprint density at radius 2 is 1.93 bits per heavy atom. The minimum absolute atomic E-state index is 0.0346. The number of esters is 2. The van der Waals surface area contributed by atoms with Gasteiger partial charge in [0, 0.05) is 11.3 Å². The lowest BCUT2D eigenvalue weighted by atomic mass is 10.0. The van der Waals surface area contributed by atoms with E-state index in [-0.39, 0.29) is 43.1 Å². The molecule has 0 bridgehead atoms. The fraction of sp³-hybridized carbons (Fsp3) is 0.444. The lowest BCUT2D eigenvalue weighted by Crippen LogP contribution is -2.50. The summed E-state index contributed by atoms with van der Waals surface area (Å²) in [7, 11) is 0. The van der Waals surface area contributed by atoms with Crippen molar-refractivity contribution >= 4 is 35.1 Å². The van der Waals surface area contributed by atoms with Gasteiger partial charge in [0.05, 0.1) is 35.2 Å². The highest BCUT2D eigenvalue weighted by Crippen LogP contribution is 2.18. The van der Waals surface area contributed by atoms with Gasteiger partial charge in [-0.3, -0.25) is 9.59 Å². The average Bonchev–Trinajstić information content (AvgIpc) is 3.04. The molecule has 27 heavy (non-hydrogen) atoms. The van der Waals surface area contributed by atoms with E-state index in [1.54, 1.807) is 19.9 Å². The lowest BCUT2D eigenvalue weighted by Gasteiger charge is -2.26. The van der Waals surface area contributed by atoms with Crippen LogP contribution in [0.25, 0.3) is 0 Å². The lowest BCUT2D eigenvalue weighted by molar-refractivity contribution is -0.143. The number of Topliss-reactive ketones (excluding diaryl/α,β-unsaturated/α-hetero) is 1. The Hall–Kier alpha value is -2.68. The average molecular weight is 394 g/mol. The van der Waals surface area contributed by atoms with E-state index in [4.69, 9.17) is 9.47 Å². The Labute approximate surface area is 160 Å². The molecule has 0 saturated heterocycles. The van der Waals surface area contributed by atoms with Crippen LogP contribution in [0, 0.1) is 6.92 Å². The van der Waals surface area contributed by atoms with Gasteiger partial charge in [0.1, 0.15) is 6.61 Å². The van der Waals surface area contributed by atoms with Crippen molar-refractivity contribution in [2.24, 2.45) is 0 Å². The number of ether oxygens (including phenoxy) is 2. The normalized spacial score (nSPS) is 16.4. The van der Waals surface area contributed by atoms with Crippen molar-refractivity contribution in [3.63, 3.8) is 0 Å². The number of amides is 2. The maximum absolute atomic E-state index is 12.1. The van der Waals surface area contributed by atoms with E-state index in [0.717, 1.165) is 4.88 Å². The molecule has 8 nitrogen and oxygen atoms in total. The molecule has 0 aliphatic carbocycles. The van der Waals surface area contributed by atoms with Gasteiger partial charge in [-0.05, 0) is 32.9 Å². The molecular formula is C18H22N2O6S. The number of carbonyl (C=O) groups is 4. The maximum atomic E-state index is 12.1. The van der Waals surface area contributed by atoms with E-state index in [1.807, 2.05) is 13.0 Å². The number of aryl methyl sites for hydroxylation is 1. The first-order chi connectivity index (χ1) is 12.8. The van der Waals surface area contributed by atoms with Crippen molar-refractivity contribution in [3.8, 4) is 0 Å². The third kappa shape index (κ3) is 5.65. The fourth-order valence-electron chi connectivity index (χ4n) is 2.54. The van der Waals surface area contributed by atoms with Gasteiger partial charge in [-0.2, -0.15) is 0 Å². The highest BCUT2D eigenvalue weighted by Gasteiger charge is 2.30. The smallest absolute Gasteiger partial charge is 0.338 e. The van der Waals surface area contributed by atoms with Crippen molar-refractivity contribution in [1.82, 2.24) is 10.6 Å². The molecule has 2 amide bonds. The molecule has 1 aliphatic heterocycles. The molecule has 9 heteroatoms. The molecule has 1 aromatic rings. The number of carbonyl (C=O) groups excluding carboxylic acids is 4. The van der Waals surface area contributed by atoms with Crippen molar-refractivity contribution in [2.75, 3.05) is 13.2 Å². The van der Waals surface area contributed by atoms with E-state index >= 15 is 0 Å². The molecule has 0 fully saturated rings. The van der Waals surface area contributed by atoms with Crippen LogP contribution >= 0.6 is 11.3 Å². The van der Waals surface area contributed by atoms with Crippen molar-refractivity contribution < 1.29 is 28.7 Å². The summed E-state index contributed by atoms with van der Waals surface area (Å²) in [5, 5.41) is 5.03. The second kappa shape index (κ2) is 9.31. The Morgan fingerprint density at radius 3 is 2.56 bits per heavy atom. The summed E-state index contributed by atoms with van der Waals surface area (Å²) in [4.78, 5) is 49.3. The predicted molar refractivity (Wildman–Crippen MR) is 98.4 cm³/mol. The second-order valence-electron chi connectivity index (χ2n) is 5.93. The summed E-state index contributed by atoms with van der Waals surface area (Å²) in [5.74, 6) is -1.31. The Morgan fingerprint density at radius 1 is 1.19 bits per heavy atom. The topological polar surface area (TPSA) is 111 Å². The summed E-state index contributed by atoms with van der Waals surface area (Å²) in [5.41, 5.74) is 0.382. The number of nitrogens with one attached hydrogen (secondary N) is 2. The van der Waals surface area contributed by atoms with E-state index in [2.05, 4.69) is 10.6 Å². The van der Waals surface area contributed by atoms with Crippen molar-refractivity contribution in [2.45, 2.75) is 39.7 Å². The molecule has 1 atom stereocenters. The van der Waals surface area contributed by atoms with Crippen LogP contribution in [0.1, 0.15) is 41.2 Å². The highest BCUT2D eigenvalue weighted by molar-refractivity contribution is 7.14. The van der Waals surface area contributed by atoms with Gasteiger partial charge in [-0.25, -0.2) is 9.59 Å². The van der Waals surface area contributed by atoms with Gasteiger partial charge in [0.2, 0.25) is 0 Å². The first-order valence-electron chi connectivity index (χ1n) is 8.54. The van der Waals surface area contributed by atoms with Gasteiger partial charge >= 0.3 is 18.0 Å². The summed E-state index contributed by atoms with van der Waals surface area (Å²) >= 11 is 1.38. The van der Waals surface area contributed by atoms with E-state index < -0.39 is 24.0 Å². The molecule has 2 N–H and O–H groups in total. The van der Waals surface area contributed by atoms with Crippen LogP contribution in [-0.4, -0.2) is 43.0 Å². The summed E-state index contributed by atoms with van der Waals surface area (Å²) < 4.78 is 10.1. The van der Waals surface area contributed by atoms with Crippen molar-refractivity contribution in [1.29, 1.82) is 0 Å². The molecule has 0 radical (unpaired) electrons. The molecule has 0 aromatic carbocycles. The van der Waals surface area contributed by atoms with E-state index in [9.17, 15) is 19.2 Å². The zero-order chi connectivity index (χ0) is 20.0. The molecule has 0 unspecified atom stereocenters. The van der Waals surface area contributed by atoms with Gasteiger partial charge in [-0.1, -0.05) is 0 Å². The van der Waals surface area contributed by atoms with E-state index in [1.165, 1.54) is 11.3 Å². The zero-order valence-corrected chi connectivity index (χ0v) is 16.2. The maximum Gasteiger partial charge on any atom is 0.338 e. The van der Waals surface area contributed by atoms with Crippen LogP contribution in [0.15, 0.2) is 23.4 Å². The molecular weight excluding hydrogens is 372 g/mol. The molecule has 2 heterocycles. The quantitative estimate of drug-likeness (QED) is 0.516. The number of hydrogen-bond donors (Lipinski definition) is 2. The first kappa shape index (κ1) is 20.6. The summed E-state index contributed by atoms with van der Waals surface area (Å²) in [6, 6.07) is 2.51. The van der Waals surface area contributed by atoms with Gasteiger partial charge < -0.3 is 20.1 Å². The molecule has 2 rings (SSSR count). The number of urea groups is 1. The minimum atomic E-state index is -0.591. The number of ketones is 1. The number of hydrogen-bond acceptors (Lipinski definition) is 7. The molecule has 0 saturated carbocycles. The van der Waals surface area contributed by atoms with Crippen LogP contribution in [0.3, 0.4) is 0 Å². The van der Waals surface area contributed by atoms with Gasteiger partial charge in [0.15, 0.2) is 5.78 Å². The standard InChI is InChI=1S/C18H22N2O6S/c1-4-25-17(23)16-11(3)19-18(24)20-12(16)9-26-15(22)8-6-13(21)14-7-5-10(2)27-14/h5,7,11H,4,6,8-9H2,1-3H3,(H2,19,20,24)/t11-/m0/s1. The Bertz CT molecular complexity index is 783.